The molecule has 1 N–H and O–H groups in total. The van der Waals surface area contributed by atoms with Crippen molar-refractivity contribution in [3.63, 3.8) is 0 Å². The van der Waals surface area contributed by atoms with Crippen molar-refractivity contribution in [2.24, 2.45) is 35.0 Å². The lowest BCUT2D eigenvalue weighted by Crippen LogP contribution is -2.47. The number of rotatable bonds is 8. The number of aliphatic hydroxyl groups is 1. The number of hydrogen-bond acceptors (Lipinski definition) is 3. The van der Waals surface area contributed by atoms with E-state index in [1.165, 1.54) is 44.1 Å². The highest BCUT2D eigenvalue weighted by atomic mass is 16.5. The van der Waals surface area contributed by atoms with Crippen molar-refractivity contribution in [2.45, 2.75) is 78.7 Å². The number of fused-ring (bicyclic) bond motifs is 5. The molecule has 170 valence electrons. The van der Waals surface area contributed by atoms with Gasteiger partial charge in [0.1, 0.15) is 0 Å². The molecule has 0 amide bonds. The van der Waals surface area contributed by atoms with Crippen molar-refractivity contribution in [1.29, 1.82) is 0 Å². The third-order valence-electron chi connectivity index (χ3n) is 9.53. The summed E-state index contributed by atoms with van der Waals surface area (Å²) in [6.07, 6.45) is 13.1. The fourth-order valence-corrected chi connectivity index (χ4v) is 7.83. The van der Waals surface area contributed by atoms with E-state index in [1.54, 1.807) is 5.57 Å². The first-order valence-corrected chi connectivity index (χ1v) is 12.9. The number of ether oxygens (including phenoxy) is 1. The Morgan fingerprint density at radius 1 is 1.17 bits per heavy atom. The fourth-order valence-electron chi connectivity index (χ4n) is 7.83. The van der Waals surface area contributed by atoms with Gasteiger partial charge in [0.25, 0.3) is 0 Å². The molecule has 0 aromatic heterocycles. The summed E-state index contributed by atoms with van der Waals surface area (Å²) in [4.78, 5) is 2.44. The second kappa shape index (κ2) is 9.46. The molecule has 3 heteroatoms. The van der Waals surface area contributed by atoms with Gasteiger partial charge in [-0.15, -0.1) is 0 Å². The van der Waals surface area contributed by atoms with Crippen molar-refractivity contribution in [2.75, 3.05) is 32.8 Å². The summed E-state index contributed by atoms with van der Waals surface area (Å²) < 4.78 is 6.08. The molecule has 0 aromatic rings. The Balaban J connectivity index is 1.36. The van der Waals surface area contributed by atoms with Crippen molar-refractivity contribution in [1.82, 2.24) is 4.90 Å². The predicted molar refractivity (Wildman–Crippen MR) is 124 cm³/mol. The van der Waals surface area contributed by atoms with Gasteiger partial charge in [-0.25, -0.2) is 0 Å². The largest absolute Gasteiger partial charge is 0.389 e. The lowest BCUT2D eigenvalue weighted by Gasteiger charge is -2.54. The van der Waals surface area contributed by atoms with E-state index in [2.05, 4.69) is 44.7 Å². The number of aliphatic hydroxyl groups excluding tert-OH is 1. The van der Waals surface area contributed by atoms with Crippen molar-refractivity contribution in [3.05, 3.63) is 23.3 Å². The van der Waals surface area contributed by atoms with Gasteiger partial charge in [-0.05, 0) is 104 Å². The zero-order valence-corrected chi connectivity index (χ0v) is 19.9. The first-order chi connectivity index (χ1) is 14.5. The number of likely N-dealkylation sites (N-methyl/N-ethyl adjacent to an activating group) is 1. The van der Waals surface area contributed by atoms with Gasteiger partial charge < -0.3 is 14.7 Å². The zero-order valence-electron chi connectivity index (χ0n) is 19.9. The Hall–Kier alpha value is -0.640. The molecule has 0 bridgehead atoms. The quantitative estimate of drug-likeness (QED) is 0.535. The summed E-state index contributed by atoms with van der Waals surface area (Å²) in [5.74, 6) is 4.05. The molecule has 3 nitrogen and oxygen atoms in total. The first-order valence-electron chi connectivity index (χ1n) is 12.9. The molecule has 30 heavy (non-hydrogen) atoms. The molecule has 0 aliphatic heterocycles. The Morgan fingerprint density at radius 2 is 1.97 bits per heavy atom. The third-order valence-corrected chi connectivity index (χ3v) is 9.53. The van der Waals surface area contributed by atoms with Crippen LogP contribution in [0, 0.1) is 35.0 Å². The lowest BCUT2D eigenvalue weighted by molar-refractivity contribution is -0.0175. The number of nitrogens with zero attached hydrogens (tertiary/aromatic N) is 1. The monoisotopic (exact) mass is 415 g/mol. The Bertz CT molecular complexity index is 651. The molecule has 4 aliphatic carbocycles. The van der Waals surface area contributed by atoms with E-state index in [4.69, 9.17) is 4.74 Å². The molecular formula is C27H45NO2. The molecule has 6 unspecified atom stereocenters. The zero-order chi connectivity index (χ0) is 21.3. The SMILES string of the molecule is CCN(CC)CCOCCC1CCC2C3C(CCC12C)C1=CCC(O)C=C1C[C@H]3C. The molecule has 0 heterocycles. The smallest absolute Gasteiger partial charge is 0.0761 e. The summed E-state index contributed by atoms with van der Waals surface area (Å²) in [7, 11) is 0. The highest BCUT2D eigenvalue weighted by Crippen LogP contribution is 2.64. The minimum atomic E-state index is -0.251. The Kier molecular flexibility index (Phi) is 7.11. The van der Waals surface area contributed by atoms with Gasteiger partial charge >= 0.3 is 0 Å². The van der Waals surface area contributed by atoms with E-state index in [1.807, 2.05) is 0 Å². The standard InChI is InChI=1S/C27H45NO2/c1-5-28(6-2)14-16-30-15-12-21-7-10-25-26-19(3)17-20-18-22(29)8-9-23(20)24(26)11-13-27(21,25)4/h9,18-19,21-22,24-26,29H,5-8,10-17H2,1-4H3/t19-,21?,22?,24?,25?,26?,27?/m1/s1. The average Bonchev–Trinajstić information content (AvgIpc) is 3.06. The van der Waals surface area contributed by atoms with Crippen LogP contribution >= 0.6 is 0 Å². The van der Waals surface area contributed by atoms with E-state index < -0.39 is 0 Å². The molecule has 3 saturated carbocycles. The average molecular weight is 416 g/mol. The van der Waals surface area contributed by atoms with Crippen LogP contribution in [0.2, 0.25) is 0 Å². The molecule has 0 radical (unpaired) electrons. The van der Waals surface area contributed by atoms with E-state index in [0.717, 1.165) is 68.9 Å². The van der Waals surface area contributed by atoms with Crippen LogP contribution in [0.5, 0.6) is 0 Å². The van der Waals surface area contributed by atoms with Crippen LogP contribution in [-0.2, 0) is 4.74 Å². The topological polar surface area (TPSA) is 32.7 Å². The van der Waals surface area contributed by atoms with E-state index in [0.29, 0.717) is 5.41 Å². The van der Waals surface area contributed by atoms with E-state index >= 15 is 0 Å². The number of hydrogen-bond donors (Lipinski definition) is 1. The van der Waals surface area contributed by atoms with Gasteiger partial charge in [0, 0.05) is 13.2 Å². The van der Waals surface area contributed by atoms with E-state index in [-0.39, 0.29) is 6.10 Å². The predicted octanol–water partition coefficient (Wildman–Crippen LogP) is 5.45. The van der Waals surface area contributed by atoms with E-state index in [9.17, 15) is 5.11 Å². The third kappa shape index (κ3) is 4.19. The molecule has 3 fully saturated rings. The lowest BCUT2D eigenvalue weighted by atomic mass is 9.50. The van der Waals surface area contributed by atoms with Gasteiger partial charge in [-0.2, -0.15) is 0 Å². The van der Waals surface area contributed by atoms with Crippen LogP contribution < -0.4 is 0 Å². The fraction of sp³-hybridized carbons (Fsp3) is 0.852. The Labute approximate surface area is 184 Å². The maximum atomic E-state index is 10.1. The van der Waals surface area contributed by atoms with Crippen LogP contribution in [0.25, 0.3) is 0 Å². The van der Waals surface area contributed by atoms with Gasteiger partial charge in [-0.3, -0.25) is 0 Å². The van der Waals surface area contributed by atoms with Crippen LogP contribution in [-0.4, -0.2) is 49.0 Å². The summed E-state index contributed by atoms with van der Waals surface area (Å²) in [6.45, 7) is 14.7. The maximum absolute atomic E-state index is 10.1. The van der Waals surface area contributed by atoms with Crippen LogP contribution in [0.1, 0.15) is 72.6 Å². The first kappa shape index (κ1) is 22.6. The van der Waals surface area contributed by atoms with Gasteiger partial charge in [-0.1, -0.05) is 39.8 Å². The molecular weight excluding hydrogens is 370 g/mol. The van der Waals surface area contributed by atoms with Crippen LogP contribution in [0.15, 0.2) is 23.3 Å². The van der Waals surface area contributed by atoms with Gasteiger partial charge in [0.15, 0.2) is 0 Å². The molecule has 0 saturated heterocycles. The molecule has 4 rings (SSSR count). The minimum Gasteiger partial charge on any atom is -0.389 e. The van der Waals surface area contributed by atoms with Crippen molar-refractivity contribution >= 4 is 0 Å². The molecule has 0 spiro atoms. The van der Waals surface area contributed by atoms with Gasteiger partial charge in [0.05, 0.1) is 12.7 Å². The molecule has 4 aliphatic rings. The minimum absolute atomic E-state index is 0.251. The second-order valence-corrected chi connectivity index (χ2v) is 10.9. The summed E-state index contributed by atoms with van der Waals surface area (Å²) >= 11 is 0. The van der Waals surface area contributed by atoms with Crippen molar-refractivity contribution < 1.29 is 9.84 Å². The van der Waals surface area contributed by atoms with Crippen LogP contribution in [0.3, 0.4) is 0 Å². The Morgan fingerprint density at radius 3 is 2.73 bits per heavy atom. The highest BCUT2D eigenvalue weighted by Gasteiger charge is 2.56. The van der Waals surface area contributed by atoms with Crippen molar-refractivity contribution in [3.8, 4) is 0 Å². The summed E-state index contributed by atoms with van der Waals surface area (Å²) in [5, 5.41) is 10.1. The van der Waals surface area contributed by atoms with Crippen LogP contribution in [0.4, 0.5) is 0 Å². The maximum Gasteiger partial charge on any atom is 0.0761 e. The number of allylic oxidation sites excluding steroid dienone is 2. The highest BCUT2D eigenvalue weighted by molar-refractivity contribution is 5.41. The second-order valence-electron chi connectivity index (χ2n) is 10.9. The molecule has 0 aromatic carbocycles. The normalized spacial score (nSPS) is 40.5. The summed E-state index contributed by atoms with van der Waals surface area (Å²) in [5.41, 5.74) is 3.60. The molecule has 7 atom stereocenters. The summed E-state index contributed by atoms with van der Waals surface area (Å²) in [6, 6.07) is 0. The van der Waals surface area contributed by atoms with Gasteiger partial charge in [0.2, 0.25) is 0 Å².